The second-order valence-electron chi connectivity index (χ2n) is 7.18. The number of ether oxygens (including phenoxy) is 1. The molecule has 2 aromatic carbocycles. The number of hydrogen-bond donors (Lipinski definition) is 1. The van der Waals surface area contributed by atoms with Crippen LogP contribution in [0.25, 0.3) is 11.1 Å². The van der Waals surface area contributed by atoms with E-state index in [1.165, 1.54) is 24.4 Å². The fourth-order valence-corrected chi connectivity index (χ4v) is 4.07. The molecule has 0 amide bonds. The predicted octanol–water partition coefficient (Wildman–Crippen LogP) is 4.74. The molecule has 1 N–H and O–H groups in total. The molecule has 1 atom stereocenters. The molecule has 1 saturated heterocycles. The van der Waals surface area contributed by atoms with E-state index in [4.69, 9.17) is 4.74 Å². The quantitative estimate of drug-likeness (QED) is 0.692. The van der Waals surface area contributed by atoms with E-state index in [0.717, 1.165) is 49.5 Å². The summed E-state index contributed by atoms with van der Waals surface area (Å²) in [6.07, 6.45) is 3.49. The second-order valence-corrected chi connectivity index (χ2v) is 7.18. The van der Waals surface area contributed by atoms with E-state index in [1.807, 2.05) is 18.2 Å². The number of aromatic nitrogens is 2. The average molecular weight is 383 g/mol. The van der Waals surface area contributed by atoms with Gasteiger partial charge in [0, 0.05) is 35.8 Å². The van der Waals surface area contributed by atoms with Gasteiger partial charge in [0.15, 0.2) is 0 Å². The molecule has 1 aliphatic heterocycles. The Labute approximate surface area is 163 Å². The van der Waals surface area contributed by atoms with E-state index in [1.54, 1.807) is 7.11 Å². The summed E-state index contributed by atoms with van der Waals surface area (Å²) in [4.78, 5) is 2.36. The van der Waals surface area contributed by atoms with Crippen LogP contribution in [0.4, 0.5) is 8.78 Å². The van der Waals surface area contributed by atoms with Crippen LogP contribution >= 0.6 is 0 Å². The van der Waals surface area contributed by atoms with Gasteiger partial charge in [-0.15, -0.1) is 0 Å². The minimum atomic E-state index is -0.565. The number of methoxy groups -OCH3 is 1. The molecular weight excluding hydrogens is 360 g/mol. The Bertz CT molecular complexity index is 936. The first-order valence-electron chi connectivity index (χ1n) is 9.49. The van der Waals surface area contributed by atoms with E-state index in [-0.39, 0.29) is 11.5 Å². The van der Waals surface area contributed by atoms with Crippen molar-refractivity contribution in [2.24, 2.45) is 0 Å². The van der Waals surface area contributed by atoms with Crippen LogP contribution in [0, 0.1) is 11.6 Å². The highest BCUT2D eigenvalue weighted by Crippen LogP contribution is 2.36. The summed E-state index contributed by atoms with van der Waals surface area (Å²) < 4.78 is 34.1. The number of piperidine rings is 1. The van der Waals surface area contributed by atoms with Crippen molar-refractivity contribution in [1.29, 1.82) is 0 Å². The van der Waals surface area contributed by atoms with Gasteiger partial charge in [-0.3, -0.25) is 10.00 Å². The van der Waals surface area contributed by atoms with Gasteiger partial charge < -0.3 is 4.74 Å². The fraction of sp³-hybridized carbons (Fsp3) is 0.318. The summed E-state index contributed by atoms with van der Waals surface area (Å²) in [6.45, 7) is 2.55. The molecule has 4 rings (SSSR count). The molecule has 0 radical (unpaired) electrons. The van der Waals surface area contributed by atoms with Crippen molar-refractivity contribution >= 4 is 0 Å². The summed E-state index contributed by atoms with van der Waals surface area (Å²) >= 11 is 0. The summed E-state index contributed by atoms with van der Waals surface area (Å²) in [7, 11) is 1.68. The molecule has 6 heteroatoms. The van der Waals surface area contributed by atoms with Gasteiger partial charge >= 0.3 is 0 Å². The number of benzene rings is 2. The number of halogens is 2. The number of nitrogens with one attached hydrogen (secondary N) is 1. The van der Waals surface area contributed by atoms with Crippen LogP contribution in [0.5, 0.6) is 5.75 Å². The van der Waals surface area contributed by atoms with Crippen molar-refractivity contribution in [1.82, 2.24) is 15.1 Å². The van der Waals surface area contributed by atoms with E-state index >= 15 is 0 Å². The standard InChI is InChI=1S/C22H23F2N3O/c1-28-20-10-3-2-6-15(20)13-27-11-5-7-16(14-27)22-17(12-25-26-22)21-18(23)8-4-9-19(21)24/h2-4,6,8-10,12,16H,5,7,11,13-14H2,1H3,(H,25,26)/t16-/m1/s1. The lowest BCUT2D eigenvalue weighted by molar-refractivity contribution is 0.196. The van der Waals surface area contributed by atoms with Gasteiger partial charge in [0.2, 0.25) is 0 Å². The summed E-state index contributed by atoms with van der Waals surface area (Å²) in [5.41, 5.74) is 2.44. The van der Waals surface area contributed by atoms with Gasteiger partial charge in [0.05, 0.1) is 18.9 Å². The zero-order valence-corrected chi connectivity index (χ0v) is 15.8. The molecule has 0 bridgehead atoms. The number of para-hydroxylation sites is 1. The molecule has 4 nitrogen and oxygen atoms in total. The van der Waals surface area contributed by atoms with Crippen molar-refractivity contribution < 1.29 is 13.5 Å². The van der Waals surface area contributed by atoms with Gasteiger partial charge in [0.1, 0.15) is 17.4 Å². The average Bonchev–Trinajstić information content (AvgIpc) is 3.18. The molecule has 0 aliphatic carbocycles. The van der Waals surface area contributed by atoms with E-state index in [2.05, 4.69) is 21.2 Å². The first-order valence-corrected chi connectivity index (χ1v) is 9.49. The first kappa shape index (κ1) is 18.6. The largest absolute Gasteiger partial charge is 0.496 e. The van der Waals surface area contributed by atoms with Crippen molar-refractivity contribution in [3.8, 4) is 16.9 Å². The molecule has 1 aliphatic rings. The Kier molecular flexibility index (Phi) is 5.39. The maximum absolute atomic E-state index is 14.3. The minimum absolute atomic E-state index is 0.00639. The fourth-order valence-electron chi connectivity index (χ4n) is 4.07. The third-order valence-corrected chi connectivity index (χ3v) is 5.40. The molecule has 2 heterocycles. The summed E-state index contributed by atoms with van der Waals surface area (Å²) in [5.74, 6) is -0.117. The van der Waals surface area contributed by atoms with Crippen molar-refractivity contribution in [3.63, 3.8) is 0 Å². The monoisotopic (exact) mass is 383 g/mol. The Balaban J connectivity index is 1.57. The van der Waals surface area contributed by atoms with Gasteiger partial charge in [-0.25, -0.2) is 8.78 Å². The maximum Gasteiger partial charge on any atom is 0.134 e. The molecule has 1 aromatic heterocycles. The van der Waals surface area contributed by atoms with Gasteiger partial charge in [0.25, 0.3) is 0 Å². The zero-order valence-electron chi connectivity index (χ0n) is 15.8. The van der Waals surface area contributed by atoms with Crippen LogP contribution in [0.2, 0.25) is 0 Å². The van der Waals surface area contributed by atoms with Crippen LogP contribution in [-0.2, 0) is 6.54 Å². The highest BCUT2D eigenvalue weighted by molar-refractivity contribution is 5.67. The number of H-pyrrole nitrogens is 1. The normalized spacial score (nSPS) is 17.6. The molecule has 0 unspecified atom stereocenters. The van der Waals surface area contributed by atoms with Gasteiger partial charge in [-0.1, -0.05) is 24.3 Å². The Morgan fingerprint density at radius 1 is 1.14 bits per heavy atom. The lowest BCUT2D eigenvalue weighted by atomic mass is 9.90. The van der Waals surface area contributed by atoms with E-state index in [9.17, 15) is 8.78 Å². The molecule has 28 heavy (non-hydrogen) atoms. The Hall–Kier alpha value is -2.73. The summed E-state index contributed by atoms with van der Waals surface area (Å²) in [6, 6.07) is 11.9. The Morgan fingerprint density at radius 2 is 1.93 bits per heavy atom. The zero-order chi connectivity index (χ0) is 19.5. The van der Waals surface area contributed by atoms with Crippen LogP contribution in [-0.4, -0.2) is 35.3 Å². The number of likely N-dealkylation sites (tertiary alicyclic amines) is 1. The SMILES string of the molecule is COc1ccccc1CN1CCC[C@@H](c2[nH]ncc2-c2c(F)cccc2F)C1. The van der Waals surface area contributed by atoms with Crippen molar-refractivity contribution in [2.45, 2.75) is 25.3 Å². The minimum Gasteiger partial charge on any atom is -0.496 e. The lowest BCUT2D eigenvalue weighted by Gasteiger charge is -2.33. The van der Waals surface area contributed by atoms with Crippen molar-refractivity contribution in [2.75, 3.05) is 20.2 Å². The van der Waals surface area contributed by atoms with Crippen molar-refractivity contribution in [3.05, 3.63) is 71.6 Å². The predicted molar refractivity (Wildman–Crippen MR) is 104 cm³/mol. The van der Waals surface area contributed by atoms with Crippen LogP contribution in [0.1, 0.15) is 30.0 Å². The molecule has 3 aromatic rings. The second kappa shape index (κ2) is 8.10. The number of rotatable bonds is 5. The summed E-state index contributed by atoms with van der Waals surface area (Å²) in [5, 5.41) is 7.10. The lowest BCUT2D eigenvalue weighted by Crippen LogP contribution is -2.34. The number of hydrogen-bond acceptors (Lipinski definition) is 3. The van der Waals surface area contributed by atoms with E-state index in [0.29, 0.717) is 5.56 Å². The smallest absolute Gasteiger partial charge is 0.134 e. The Morgan fingerprint density at radius 3 is 2.71 bits per heavy atom. The highest BCUT2D eigenvalue weighted by atomic mass is 19.1. The number of nitrogens with zero attached hydrogens (tertiary/aromatic N) is 2. The molecule has 0 saturated carbocycles. The molecule has 1 fully saturated rings. The van der Waals surface area contributed by atoms with Crippen LogP contribution < -0.4 is 4.74 Å². The number of aromatic amines is 1. The topological polar surface area (TPSA) is 41.1 Å². The van der Waals surface area contributed by atoms with Crippen LogP contribution in [0.15, 0.2) is 48.7 Å². The molecule has 0 spiro atoms. The molecular formula is C22H23F2N3O. The van der Waals surface area contributed by atoms with E-state index < -0.39 is 11.6 Å². The maximum atomic E-state index is 14.3. The first-order chi connectivity index (χ1) is 13.7. The van der Waals surface area contributed by atoms with Crippen LogP contribution in [0.3, 0.4) is 0 Å². The third-order valence-electron chi connectivity index (χ3n) is 5.40. The van der Waals surface area contributed by atoms with Gasteiger partial charge in [-0.2, -0.15) is 5.10 Å². The molecule has 146 valence electrons. The third kappa shape index (κ3) is 3.64. The highest BCUT2D eigenvalue weighted by Gasteiger charge is 2.27. The van der Waals surface area contributed by atoms with Gasteiger partial charge in [-0.05, 0) is 37.6 Å².